The molecular weight excluding hydrogens is 413 g/mol. The Morgan fingerprint density at radius 1 is 1.24 bits per heavy atom. The summed E-state index contributed by atoms with van der Waals surface area (Å²) in [5.74, 6) is -0.115. The fourth-order valence-corrected chi connectivity index (χ4v) is 3.45. The lowest BCUT2D eigenvalue weighted by atomic mass is 10.1. The van der Waals surface area contributed by atoms with Gasteiger partial charge in [-0.1, -0.05) is 17.7 Å². The van der Waals surface area contributed by atoms with Crippen molar-refractivity contribution >= 4 is 29.0 Å². The predicted octanol–water partition coefficient (Wildman–Crippen LogP) is 3.93. The summed E-state index contributed by atoms with van der Waals surface area (Å²) in [6.07, 6.45) is -3.80. The minimum absolute atomic E-state index is 0.117. The van der Waals surface area contributed by atoms with Gasteiger partial charge in [0, 0.05) is 49.6 Å². The molecule has 0 radical (unpaired) electrons. The smallest absolute Gasteiger partial charge is 0.352 e. The Balaban J connectivity index is 1.72. The number of carbonyl (C=O) groups excluding carboxylic acids is 1. The number of amides is 1. The summed E-state index contributed by atoms with van der Waals surface area (Å²) in [7, 11) is 0. The van der Waals surface area contributed by atoms with Gasteiger partial charge in [-0.05, 0) is 19.1 Å². The standard InChI is InChI=1S/C18H16ClF3N4O3/c1-11-13(3-2-4-15(11)26(28)29)17(27)25-7-5-24(6-8-25)16-14(19)9-12(10-23-16)18(20,21)22/h2-4,9-10H,5-8H2,1H3. The number of aromatic nitrogens is 1. The molecule has 3 rings (SSSR count). The summed E-state index contributed by atoms with van der Waals surface area (Å²) in [5.41, 5.74) is -0.521. The summed E-state index contributed by atoms with van der Waals surface area (Å²) in [6, 6.07) is 5.15. The normalized spacial score (nSPS) is 14.8. The second-order valence-corrected chi connectivity index (χ2v) is 6.92. The number of anilines is 1. The highest BCUT2D eigenvalue weighted by atomic mass is 35.5. The lowest BCUT2D eigenvalue weighted by Gasteiger charge is -2.36. The molecule has 1 fully saturated rings. The van der Waals surface area contributed by atoms with Crippen LogP contribution in [0, 0.1) is 17.0 Å². The molecule has 29 heavy (non-hydrogen) atoms. The number of benzene rings is 1. The van der Waals surface area contributed by atoms with Crippen LogP contribution in [0.2, 0.25) is 5.02 Å². The van der Waals surface area contributed by atoms with Gasteiger partial charge in [0.25, 0.3) is 11.6 Å². The van der Waals surface area contributed by atoms with E-state index >= 15 is 0 Å². The number of pyridine rings is 1. The van der Waals surface area contributed by atoms with Crippen molar-refractivity contribution in [3.05, 3.63) is 62.3 Å². The molecule has 1 aromatic heterocycles. The first-order valence-corrected chi connectivity index (χ1v) is 8.98. The van der Waals surface area contributed by atoms with Crippen LogP contribution in [0.15, 0.2) is 30.5 Å². The second kappa shape index (κ2) is 7.86. The van der Waals surface area contributed by atoms with E-state index in [2.05, 4.69) is 4.98 Å². The zero-order valence-corrected chi connectivity index (χ0v) is 16.0. The van der Waals surface area contributed by atoms with E-state index in [4.69, 9.17) is 11.6 Å². The predicted molar refractivity (Wildman–Crippen MR) is 100 cm³/mol. The second-order valence-electron chi connectivity index (χ2n) is 6.51. The molecule has 154 valence electrons. The van der Waals surface area contributed by atoms with Gasteiger partial charge in [0.1, 0.15) is 5.82 Å². The highest BCUT2D eigenvalue weighted by molar-refractivity contribution is 6.33. The maximum Gasteiger partial charge on any atom is 0.417 e. The summed E-state index contributed by atoms with van der Waals surface area (Å²) >= 11 is 5.98. The summed E-state index contributed by atoms with van der Waals surface area (Å²) in [6.45, 7) is 2.71. The first-order valence-electron chi connectivity index (χ1n) is 8.60. The van der Waals surface area contributed by atoms with Crippen LogP contribution in [0.1, 0.15) is 21.5 Å². The van der Waals surface area contributed by atoms with Gasteiger partial charge in [0.2, 0.25) is 0 Å². The Morgan fingerprint density at radius 2 is 1.90 bits per heavy atom. The first-order chi connectivity index (χ1) is 13.6. The molecule has 1 aliphatic rings. The molecule has 0 unspecified atom stereocenters. The van der Waals surface area contributed by atoms with Gasteiger partial charge in [0.15, 0.2) is 0 Å². The molecule has 1 aliphatic heterocycles. The van der Waals surface area contributed by atoms with Crippen molar-refractivity contribution in [1.82, 2.24) is 9.88 Å². The molecule has 0 atom stereocenters. The molecule has 7 nitrogen and oxygen atoms in total. The number of hydrogen-bond acceptors (Lipinski definition) is 5. The van der Waals surface area contributed by atoms with Crippen LogP contribution in [0.4, 0.5) is 24.7 Å². The number of nitrogens with zero attached hydrogens (tertiary/aromatic N) is 4. The molecule has 1 amide bonds. The van der Waals surface area contributed by atoms with Gasteiger partial charge in [-0.25, -0.2) is 4.98 Å². The van der Waals surface area contributed by atoms with Gasteiger partial charge in [-0.2, -0.15) is 13.2 Å². The van der Waals surface area contributed by atoms with E-state index < -0.39 is 16.7 Å². The number of rotatable bonds is 3. The fraction of sp³-hybridized carbons (Fsp3) is 0.333. The van der Waals surface area contributed by atoms with Crippen molar-refractivity contribution in [1.29, 1.82) is 0 Å². The van der Waals surface area contributed by atoms with Crippen LogP contribution in [0.5, 0.6) is 0 Å². The molecule has 11 heteroatoms. The van der Waals surface area contributed by atoms with E-state index in [1.807, 2.05) is 0 Å². The van der Waals surface area contributed by atoms with E-state index in [9.17, 15) is 28.1 Å². The number of nitro benzene ring substituents is 1. The molecule has 1 saturated heterocycles. The van der Waals surface area contributed by atoms with Crippen LogP contribution in [0.3, 0.4) is 0 Å². The zero-order chi connectivity index (χ0) is 21.3. The first kappa shape index (κ1) is 20.8. The number of carbonyl (C=O) groups is 1. The van der Waals surface area contributed by atoms with Crippen LogP contribution in [-0.4, -0.2) is 46.9 Å². The molecule has 2 heterocycles. The van der Waals surface area contributed by atoms with Crippen LogP contribution < -0.4 is 4.90 Å². The molecule has 0 N–H and O–H groups in total. The quantitative estimate of drug-likeness (QED) is 0.546. The Morgan fingerprint density at radius 3 is 2.45 bits per heavy atom. The lowest BCUT2D eigenvalue weighted by Crippen LogP contribution is -2.49. The third kappa shape index (κ3) is 4.26. The van der Waals surface area contributed by atoms with Crippen LogP contribution in [0.25, 0.3) is 0 Å². The van der Waals surface area contributed by atoms with Crippen molar-refractivity contribution in [2.24, 2.45) is 0 Å². The number of hydrogen-bond donors (Lipinski definition) is 0. The summed E-state index contributed by atoms with van der Waals surface area (Å²) in [4.78, 5) is 30.4. The highest BCUT2D eigenvalue weighted by Crippen LogP contribution is 2.34. The van der Waals surface area contributed by atoms with Crippen molar-refractivity contribution in [3.8, 4) is 0 Å². The molecule has 2 aromatic rings. The van der Waals surface area contributed by atoms with Crippen molar-refractivity contribution in [2.75, 3.05) is 31.1 Å². The van der Waals surface area contributed by atoms with Crippen molar-refractivity contribution in [3.63, 3.8) is 0 Å². The Labute approximate surface area is 168 Å². The van der Waals surface area contributed by atoms with Crippen molar-refractivity contribution < 1.29 is 22.9 Å². The number of piperazine rings is 1. The van der Waals surface area contributed by atoms with Gasteiger partial charge in [-0.15, -0.1) is 0 Å². The minimum atomic E-state index is -4.53. The number of halogens is 4. The number of nitro groups is 1. The monoisotopic (exact) mass is 428 g/mol. The molecule has 0 aliphatic carbocycles. The molecular formula is C18H16ClF3N4O3. The SMILES string of the molecule is Cc1c(C(=O)N2CCN(c3ncc(C(F)(F)F)cc3Cl)CC2)cccc1[N+](=O)[O-]. The third-order valence-electron chi connectivity index (χ3n) is 4.75. The highest BCUT2D eigenvalue weighted by Gasteiger charge is 2.33. The van der Waals surface area contributed by atoms with Gasteiger partial charge in [-0.3, -0.25) is 14.9 Å². The largest absolute Gasteiger partial charge is 0.417 e. The maximum absolute atomic E-state index is 12.8. The van der Waals surface area contributed by atoms with Gasteiger partial charge >= 0.3 is 6.18 Å². The van der Waals surface area contributed by atoms with E-state index in [-0.39, 0.29) is 46.7 Å². The Hall–Kier alpha value is -2.88. The Kier molecular flexibility index (Phi) is 5.65. The molecule has 0 spiro atoms. The van der Waals surface area contributed by atoms with E-state index in [0.29, 0.717) is 13.1 Å². The average molecular weight is 429 g/mol. The van der Waals surface area contributed by atoms with Gasteiger partial charge < -0.3 is 9.80 Å². The maximum atomic E-state index is 12.8. The van der Waals surface area contributed by atoms with Crippen LogP contribution in [-0.2, 0) is 6.18 Å². The molecule has 1 aromatic carbocycles. The van der Waals surface area contributed by atoms with E-state index in [1.54, 1.807) is 9.80 Å². The van der Waals surface area contributed by atoms with E-state index in [1.165, 1.54) is 25.1 Å². The minimum Gasteiger partial charge on any atom is -0.352 e. The van der Waals surface area contributed by atoms with Crippen LogP contribution >= 0.6 is 11.6 Å². The molecule has 0 saturated carbocycles. The topological polar surface area (TPSA) is 79.6 Å². The Bertz CT molecular complexity index is 960. The zero-order valence-electron chi connectivity index (χ0n) is 15.2. The lowest BCUT2D eigenvalue weighted by molar-refractivity contribution is -0.385. The third-order valence-corrected chi connectivity index (χ3v) is 5.03. The van der Waals surface area contributed by atoms with E-state index in [0.717, 1.165) is 12.3 Å². The summed E-state index contributed by atoms with van der Waals surface area (Å²) in [5, 5.41) is 11.0. The fourth-order valence-electron chi connectivity index (χ4n) is 3.16. The summed E-state index contributed by atoms with van der Waals surface area (Å²) < 4.78 is 38.3. The average Bonchev–Trinajstić information content (AvgIpc) is 2.67. The number of alkyl halides is 3. The van der Waals surface area contributed by atoms with Crippen molar-refractivity contribution in [2.45, 2.75) is 13.1 Å². The molecule has 0 bridgehead atoms. The van der Waals surface area contributed by atoms with Gasteiger partial charge in [0.05, 0.1) is 15.5 Å².